The van der Waals surface area contributed by atoms with Gasteiger partial charge in [0.2, 0.25) is 5.91 Å². The Balaban J connectivity index is -0.000000218. The summed E-state index contributed by atoms with van der Waals surface area (Å²) in [6, 6.07) is 0. The Kier molecular flexibility index (Phi) is 24.7. The summed E-state index contributed by atoms with van der Waals surface area (Å²) in [5, 5.41) is 0. The van der Waals surface area contributed by atoms with Gasteiger partial charge >= 0.3 is 0 Å². The summed E-state index contributed by atoms with van der Waals surface area (Å²) in [4.78, 5) is 12.5. The Morgan fingerprint density at radius 2 is 1.46 bits per heavy atom. The zero-order chi connectivity index (χ0) is 11.3. The molecule has 82 valence electrons. The van der Waals surface area contributed by atoms with Crippen LogP contribution in [0.5, 0.6) is 0 Å². The normalized spacial score (nSPS) is 7.31. The van der Waals surface area contributed by atoms with Gasteiger partial charge in [-0.1, -0.05) is 34.6 Å². The lowest BCUT2D eigenvalue weighted by molar-refractivity contribution is -0.128. The van der Waals surface area contributed by atoms with Crippen LogP contribution in [0.1, 0.15) is 54.9 Å². The molecule has 2 nitrogen and oxygen atoms in total. The van der Waals surface area contributed by atoms with Crippen molar-refractivity contribution < 1.29 is 4.79 Å². The van der Waals surface area contributed by atoms with Gasteiger partial charge in [0, 0.05) is 20.0 Å². The van der Waals surface area contributed by atoms with Crippen LogP contribution in [-0.4, -0.2) is 23.9 Å². The molecule has 0 aromatic heterocycles. The highest BCUT2D eigenvalue weighted by atomic mass is 16.2. The molecule has 0 saturated carbocycles. The van der Waals surface area contributed by atoms with E-state index in [9.17, 15) is 4.79 Å². The molecule has 0 heterocycles. The van der Waals surface area contributed by atoms with Gasteiger partial charge in [-0.3, -0.25) is 4.79 Å². The Morgan fingerprint density at radius 3 is 1.54 bits per heavy atom. The van der Waals surface area contributed by atoms with Crippen molar-refractivity contribution in [2.45, 2.75) is 54.9 Å². The number of carbonyl (C=O) groups excluding carboxylic acids is 1. The van der Waals surface area contributed by atoms with Crippen LogP contribution in [0.3, 0.4) is 0 Å². The average Bonchev–Trinajstić information content (AvgIpc) is 2.20. The fourth-order valence-electron chi connectivity index (χ4n) is 0.808. The largest absolute Gasteiger partial charge is 0.343 e. The van der Waals surface area contributed by atoms with Crippen molar-refractivity contribution in [2.75, 3.05) is 13.1 Å². The van der Waals surface area contributed by atoms with E-state index in [1.807, 2.05) is 39.5 Å². The highest BCUT2D eigenvalue weighted by Crippen LogP contribution is 1.89. The Bertz CT molecular complexity index is 92.1. The highest BCUT2D eigenvalue weighted by Gasteiger charge is 2.01. The molecule has 0 aliphatic carbocycles. The molecule has 0 aliphatic rings. The monoisotopic (exact) mass is 189 g/mol. The number of amides is 1. The minimum atomic E-state index is 0.180. The molecule has 0 saturated heterocycles. The molecule has 0 aromatic rings. The molecule has 0 N–H and O–H groups in total. The number of carbonyl (C=O) groups is 1. The van der Waals surface area contributed by atoms with Gasteiger partial charge in [-0.05, 0) is 13.3 Å². The predicted molar refractivity (Wildman–Crippen MR) is 60.9 cm³/mol. The van der Waals surface area contributed by atoms with E-state index in [4.69, 9.17) is 0 Å². The molecule has 0 aliphatic heterocycles. The molecular weight excluding hydrogens is 162 g/mol. The Hall–Kier alpha value is -0.530. The minimum absolute atomic E-state index is 0.180. The number of nitrogens with zero attached hydrogens (tertiary/aromatic N) is 1. The quantitative estimate of drug-likeness (QED) is 0.667. The second-order valence-corrected chi connectivity index (χ2v) is 2.10. The van der Waals surface area contributed by atoms with Gasteiger partial charge in [-0.15, -0.1) is 0 Å². The summed E-state index contributed by atoms with van der Waals surface area (Å²) in [6.07, 6.45) is 1.05. The SMILES string of the molecule is CC.CC.CCCN(CC)C(C)=O. The first-order chi connectivity index (χ1) is 6.22. The van der Waals surface area contributed by atoms with Crippen molar-refractivity contribution in [1.82, 2.24) is 4.90 Å². The van der Waals surface area contributed by atoms with E-state index in [0.717, 1.165) is 19.5 Å². The Morgan fingerprint density at radius 1 is 1.08 bits per heavy atom. The predicted octanol–water partition coefficient (Wildman–Crippen LogP) is 3.32. The molecule has 2 heteroatoms. The average molecular weight is 189 g/mol. The molecule has 13 heavy (non-hydrogen) atoms. The second kappa shape index (κ2) is 17.5. The van der Waals surface area contributed by atoms with Gasteiger partial charge < -0.3 is 4.90 Å². The lowest BCUT2D eigenvalue weighted by Gasteiger charge is -2.16. The zero-order valence-corrected chi connectivity index (χ0v) is 10.5. The maximum atomic E-state index is 10.7. The van der Waals surface area contributed by atoms with E-state index in [0.29, 0.717) is 0 Å². The van der Waals surface area contributed by atoms with Gasteiger partial charge in [0.05, 0.1) is 0 Å². The van der Waals surface area contributed by atoms with Crippen molar-refractivity contribution >= 4 is 5.91 Å². The third-order valence-electron chi connectivity index (χ3n) is 1.32. The maximum Gasteiger partial charge on any atom is 0.219 e. The van der Waals surface area contributed by atoms with Crippen LogP contribution < -0.4 is 0 Å². The first kappa shape index (κ1) is 18.3. The van der Waals surface area contributed by atoms with Crippen molar-refractivity contribution in [3.63, 3.8) is 0 Å². The standard InChI is InChI=1S/C7H15NO.2C2H6/c1-4-6-8(5-2)7(3)9;2*1-2/h4-6H2,1-3H3;2*1-2H3. The van der Waals surface area contributed by atoms with Crippen LogP contribution in [-0.2, 0) is 4.79 Å². The summed E-state index contributed by atoms with van der Waals surface area (Å²) >= 11 is 0. The van der Waals surface area contributed by atoms with Crippen LogP contribution in [0.2, 0.25) is 0 Å². The third-order valence-corrected chi connectivity index (χ3v) is 1.32. The van der Waals surface area contributed by atoms with Crippen LogP contribution in [0.4, 0.5) is 0 Å². The summed E-state index contributed by atoms with van der Waals surface area (Å²) in [5.74, 6) is 0.180. The third kappa shape index (κ3) is 14.3. The van der Waals surface area contributed by atoms with E-state index >= 15 is 0 Å². The van der Waals surface area contributed by atoms with E-state index in [-0.39, 0.29) is 5.91 Å². The van der Waals surface area contributed by atoms with Crippen molar-refractivity contribution in [3.8, 4) is 0 Å². The molecular formula is C11H27NO. The lowest BCUT2D eigenvalue weighted by Crippen LogP contribution is -2.28. The molecule has 0 rings (SSSR count). The molecule has 0 aromatic carbocycles. The van der Waals surface area contributed by atoms with Crippen molar-refractivity contribution in [1.29, 1.82) is 0 Å². The molecule has 1 amide bonds. The summed E-state index contributed by atoms with van der Waals surface area (Å²) in [5.41, 5.74) is 0. The van der Waals surface area contributed by atoms with Crippen molar-refractivity contribution in [3.05, 3.63) is 0 Å². The molecule has 0 unspecified atom stereocenters. The molecule has 0 radical (unpaired) electrons. The fraction of sp³-hybridized carbons (Fsp3) is 0.909. The molecule has 0 atom stereocenters. The molecule has 0 spiro atoms. The minimum Gasteiger partial charge on any atom is -0.343 e. The fourth-order valence-corrected chi connectivity index (χ4v) is 0.808. The van der Waals surface area contributed by atoms with E-state index in [2.05, 4.69) is 6.92 Å². The smallest absolute Gasteiger partial charge is 0.219 e. The van der Waals surface area contributed by atoms with E-state index in [1.165, 1.54) is 0 Å². The van der Waals surface area contributed by atoms with Gasteiger partial charge in [0.15, 0.2) is 0 Å². The number of hydrogen-bond donors (Lipinski definition) is 0. The van der Waals surface area contributed by atoms with Gasteiger partial charge in [0.1, 0.15) is 0 Å². The lowest BCUT2D eigenvalue weighted by atomic mass is 10.4. The number of rotatable bonds is 3. The van der Waals surface area contributed by atoms with Crippen molar-refractivity contribution in [2.24, 2.45) is 0 Å². The van der Waals surface area contributed by atoms with Gasteiger partial charge in [-0.2, -0.15) is 0 Å². The second-order valence-electron chi connectivity index (χ2n) is 2.10. The first-order valence-corrected chi connectivity index (χ1v) is 5.47. The van der Waals surface area contributed by atoms with E-state index in [1.54, 1.807) is 6.92 Å². The summed E-state index contributed by atoms with van der Waals surface area (Å²) < 4.78 is 0. The summed E-state index contributed by atoms with van der Waals surface area (Å²) in [7, 11) is 0. The Labute approximate surface area is 84.3 Å². The zero-order valence-electron chi connectivity index (χ0n) is 10.5. The van der Waals surface area contributed by atoms with Crippen LogP contribution in [0.25, 0.3) is 0 Å². The van der Waals surface area contributed by atoms with E-state index < -0.39 is 0 Å². The van der Waals surface area contributed by atoms with Crippen LogP contribution in [0.15, 0.2) is 0 Å². The highest BCUT2D eigenvalue weighted by molar-refractivity contribution is 5.73. The first-order valence-electron chi connectivity index (χ1n) is 5.47. The topological polar surface area (TPSA) is 20.3 Å². The molecule has 0 bridgehead atoms. The summed E-state index contributed by atoms with van der Waals surface area (Å²) in [6.45, 7) is 15.4. The van der Waals surface area contributed by atoms with Crippen LogP contribution >= 0.6 is 0 Å². The maximum absolute atomic E-state index is 10.7. The van der Waals surface area contributed by atoms with Gasteiger partial charge in [-0.25, -0.2) is 0 Å². The number of hydrogen-bond acceptors (Lipinski definition) is 1. The van der Waals surface area contributed by atoms with Gasteiger partial charge in [0.25, 0.3) is 0 Å². The molecule has 0 fully saturated rings. The van der Waals surface area contributed by atoms with Crippen LogP contribution in [0, 0.1) is 0 Å².